The highest BCUT2D eigenvalue weighted by Crippen LogP contribution is 2.35. The molecule has 164 valence electrons. The van der Waals surface area contributed by atoms with Gasteiger partial charge >= 0.3 is 0 Å². The summed E-state index contributed by atoms with van der Waals surface area (Å²) < 4.78 is 13.0. The maximum Gasteiger partial charge on any atom is 0.255 e. The van der Waals surface area contributed by atoms with Crippen LogP contribution in [0.5, 0.6) is 0 Å². The van der Waals surface area contributed by atoms with Crippen molar-refractivity contribution in [3.8, 4) is 0 Å². The Bertz CT molecular complexity index is 1370. The molecule has 0 radical (unpaired) electrons. The number of anilines is 2. The van der Waals surface area contributed by atoms with E-state index in [2.05, 4.69) is 10.3 Å². The molecule has 33 heavy (non-hydrogen) atoms. The van der Waals surface area contributed by atoms with Crippen LogP contribution in [-0.2, 0) is 9.59 Å². The summed E-state index contributed by atoms with van der Waals surface area (Å²) in [6.45, 7) is 0. The molecule has 1 aliphatic rings. The molecule has 5 rings (SSSR count). The van der Waals surface area contributed by atoms with E-state index >= 15 is 0 Å². The van der Waals surface area contributed by atoms with Crippen molar-refractivity contribution in [2.75, 3.05) is 10.2 Å². The Morgan fingerprint density at radius 2 is 1.76 bits per heavy atom. The van der Waals surface area contributed by atoms with Crippen LogP contribution in [0.3, 0.4) is 0 Å². The second-order valence-electron chi connectivity index (χ2n) is 7.61. The zero-order valence-corrected chi connectivity index (χ0v) is 18.1. The van der Waals surface area contributed by atoms with Gasteiger partial charge in [-0.2, -0.15) is 0 Å². The Balaban J connectivity index is 1.25. The molecule has 0 saturated carbocycles. The molecule has 8 heteroatoms. The molecule has 1 atom stereocenters. The molecule has 4 aromatic rings. The van der Waals surface area contributed by atoms with E-state index in [9.17, 15) is 18.8 Å². The average Bonchev–Trinajstić information content (AvgIpc) is 3.38. The average molecular weight is 460 g/mol. The summed E-state index contributed by atoms with van der Waals surface area (Å²) in [6, 6.07) is 19.7. The number of hydrogen-bond acceptors (Lipinski definition) is 4. The fourth-order valence-electron chi connectivity index (χ4n) is 3.73. The fourth-order valence-corrected chi connectivity index (χ4v) is 4.78. The number of fused-ring (bicyclic) bond motifs is 1. The van der Waals surface area contributed by atoms with Gasteiger partial charge in [-0.25, -0.2) is 9.29 Å². The predicted molar refractivity (Wildman–Crippen MR) is 126 cm³/mol. The van der Waals surface area contributed by atoms with Crippen LogP contribution in [0.2, 0.25) is 0 Å². The Morgan fingerprint density at radius 1 is 1.00 bits per heavy atom. The summed E-state index contributed by atoms with van der Waals surface area (Å²) in [6.07, 6.45) is 1.93. The third-order valence-electron chi connectivity index (χ3n) is 5.40. The number of nitrogens with one attached hydrogen (secondary N) is 2. The number of amides is 3. The van der Waals surface area contributed by atoms with Crippen LogP contribution in [0.1, 0.15) is 16.8 Å². The maximum atomic E-state index is 13.0. The standard InChI is InChI=1S/C25H18FN3O3S/c26-17-4-1-16(2-5-17)24(31)28-18-6-9-20(10-7-18)33-22-14-23(30)29(25(22)32)19-8-3-15-11-12-27-21(15)13-19/h1-13,22,27H,14H2,(H,28,31). The van der Waals surface area contributed by atoms with E-state index in [4.69, 9.17) is 0 Å². The highest BCUT2D eigenvalue weighted by molar-refractivity contribution is 8.00. The van der Waals surface area contributed by atoms with Crippen molar-refractivity contribution in [1.29, 1.82) is 0 Å². The van der Waals surface area contributed by atoms with Gasteiger partial charge in [-0.1, -0.05) is 6.07 Å². The number of hydrogen-bond donors (Lipinski definition) is 2. The third kappa shape index (κ3) is 4.25. The lowest BCUT2D eigenvalue weighted by Crippen LogP contribution is -2.31. The van der Waals surface area contributed by atoms with Crippen molar-refractivity contribution in [3.05, 3.63) is 90.4 Å². The molecular weight excluding hydrogens is 441 g/mol. The van der Waals surface area contributed by atoms with Gasteiger partial charge in [0.1, 0.15) is 5.82 Å². The number of carbonyl (C=O) groups is 3. The second kappa shape index (κ2) is 8.55. The maximum absolute atomic E-state index is 13.0. The first kappa shape index (κ1) is 21.0. The molecular formula is C25H18FN3O3S. The molecule has 0 spiro atoms. The van der Waals surface area contributed by atoms with E-state index in [1.807, 2.05) is 18.3 Å². The van der Waals surface area contributed by atoms with E-state index < -0.39 is 11.1 Å². The monoisotopic (exact) mass is 459 g/mol. The molecule has 2 heterocycles. The molecule has 1 saturated heterocycles. The fraction of sp³-hybridized carbons (Fsp3) is 0.0800. The van der Waals surface area contributed by atoms with Gasteiger partial charge < -0.3 is 10.3 Å². The van der Waals surface area contributed by atoms with Crippen LogP contribution in [0.15, 0.2) is 83.9 Å². The second-order valence-corrected chi connectivity index (χ2v) is 8.89. The number of rotatable bonds is 5. The smallest absolute Gasteiger partial charge is 0.255 e. The van der Waals surface area contributed by atoms with E-state index in [1.54, 1.807) is 36.4 Å². The molecule has 0 aliphatic carbocycles. The number of carbonyl (C=O) groups excluding carboxylic acids is 3. The number of halogens is 1. The van der Waals surface area contributed by atoms with Crippen molar-refractivity contribution in [3.63, 3.8) is 0 Å². The summed E-state index contributed by atoms with van der Waals surface area (Å²) >= 11 is 1.32. The van der Waals surface area contributed by atoms with Gasteiger partial charge in [-0.05, 0) is 72.1 Å². The quantitative estimate of drug-likeness (QED) is 0.412. The Kier molecular flexibility index (Phi) is 5.43. The van der Waals surface area contributed by atoms with E-state index in [0.717, 1.165) is 15.8 Å². The van der Waals surface area contributed by atoms with Crippen molar-refractivity contribution in [1.82, 2.24) is 4.98 Å². The highest BCUT2D eigenvalue weighted by Gasteiger charge is 2.40. The summed E-state index contributed by atoms with van der Waals surface area (Å²) in [5, 5.41) is 3.24. The minimum atomic E-state index is -0.517. The van der Waals surface area contributed by atoms with Crippen molar-refractivity contribution < 1.29 is 18.8 Å². The molecule has 1 aliphatic heterocycles. The van der Waals surface area contributed by atoms with Gasteiger partial charge in [-0.3, -0.25) is 14.4 Å². The summed E-state index contributed by atoms with van der Waals surface area (Å²) in [5.41, 5.74) is 2.34. The lowest BCUT2D eigenvalue weighted by molar-refractivity contribution is -0.121. The molecule has 3 amide bonds. The van der Waals surface area contributed by atoms with E-state index in [1.165, 1.54) is 40.9 Å². The van der Waals surface area contributed by atoms with Gasteiger partial charge in [0, 0.05) is 34.3 Å². The number of nitrogens with zero attached hydrogens (tertiary/aromatic N) is 1. The number of H-pyrrole nitrogens is 1. The Morgan fingerprint density at radius 3 is 2.52 bits per heavy atom. The normalized spacial score (nSPS) is 15.9. The minimum Gasteiger partial charge on any atom is -0.361 e. The van der Waals surface area contributed by atoms with Crippen molar-refractivity contribution in [2.24, 2.45) is 0 Å². The largest absolute Gasteiger partial charge is 0.361 e. The minimum absolute atomic E-state index is 0.120. The van der Waals surface area contributed by atoms with Crippen molar-refractivity contribution in [2.45, 2.75) is 16.6 Å². The number of benzene rings is 3. The molecule has 1 fully saturated rings. The van der Waals surface area contributed by atoms with Gasteiger partial charge in [0.25, 0.3) is 5.91 Å². The number of aromatic nitrogens is 1. The van der Waals surface area contributed by atoms with E-state index in [-0.39, 0.29) is 24.1 Å². The Hall–Kier alpha value is -3.91. The zero-order valence-electron chi connectivity index (χ0n) is 17.2. The summed E-state index contributed by atoms with van der Waals surface area (Å²) in [7, 11) is 0. The van der Waals surface area contributed by atoms with Gasteiger partial charge in [0.15, 0.2) is 0 Å². The SMILES string of the molecule is O=C(Nc1ccc(SC2CC(=O)N(c3ccc4cc[nH]c4c3)C2=O)cc1)c1ccc(F)cc1. The Labute approximate surface area is 192 Å². The number of aromatic amines is 1. The lowest BCUT2D eigenvalue weighted by Gasteiger charge is -2.15. The first-order valence-corrected chi connectivity index (χ1v) is 11.1. The molecule has 3 aromatic carbocycles. The molecule has 0 bridgehead atoms. The van der Waals surface area contributed by atoms with E-state index in [0.29, 0.717) is 16.9 Å². The van der Waals surface area contributed by atoms with Crippen LogP contribution >= 0.6 is 11.8 Å². The third-order valence-corrected chi connectivity index (χ3v) is 6.60. The number of imide groups is 1. The van der Waals surface area contributed by atoms with Crippen LogP contribution in [0, 0.1) is 5.82 Å². The van der Waals surface area contributed by atoms with Crippen molar-refractivity contribution >= 4 is 51.8 Å². The zero-order chi connectivity index (χ0) is 22.9. The van der Waals surface area contributed by atoms with Crippen LogP contribution in [0.4, 0.5) is 15.8 Å². The first-order valence-electron chi connectivity index (χ1n) is 10.3. The highest BCUT2D eigenvalue weighted by atomic mass is 32.2. The van der Waals surface area contributed by atoms with Crippen LogP contribution in [-0.4, -0.2) is 28.0 Å². The lowest BCUT2D eigenvalue weighted by atomic mass is 10.2. The van der Waals surface area contributed by atoms with Gasteiger partial charge in [-0.15, -0.1) is 11.8 Å². The molecule has 6 nitrogen and oxygen atoms in total. The number of thioether (sulfide) groups is 1. The summed E-state index contributed by atoms with van der Waals surface area (Å²) in [4.78, 5) is 43.0. The van der Waals surface area contributed by atoms with Gasteiger partial charge in [0.05, 0.1) is 10.9 Å². The first-order chi connectivity index (χ1) is 16.0. The molecule has 2 N–H and O–H groups in total. The predicted octanol–water partition coefficient (Wildman–Crippen LogP) is 4.98. The molecule has 1 aromatic heterocycles. The van der Waals surface area contributed by atoms with Crippen LogP contribution < -0.4 is 10.2 Å². The van der Waals surface area contributed by atoms with Gasteiger partial charge in [0.2, 0.25) is 11.8 Å². The summed E-state index contributed by atoms with van der Waals surface area (Å²) in [5.74, 6) is -1.23. The molecule has 1 unspecified atom stereocenters. The topological polar surface area (TPSA) is 82.3 Å². The van der Waals surface area contributed by atoms with Crippen LogP contribution in [0.25, 0.3) is 10.9 Å².